The smallest absolute Gasteiger partial charge is 0.172 e. The van der Waals surface area contributed by atoms with E-state index in [4.69, 9.17) is 4.74 Å². The molecular weight excluding hydrogens is 157 g/mol. The summed E-state index contributed by atoms with van der Waals surface area (Å²) in [5.74, 6) is 0.0843. The molecular formula is C9H12FNO. The van der Waals surface area contributed by atoms with Crippen LogP contribution in [0, 0.1) is 5.82 Å². The number of rotatable bonds is 2. The molecule has 1 aromatic heterocycles. The largest absolute Gasteiger partial charge is 0.492 e. The number of halogens is 1. The normalized spacial score (nSPS) is 10.4. The molecule has 0 N–H and O–H groups in total. The average Bonchev–Trinajstić information content (AvgIpc) is 2.04. The van der Waals surface area contributed by atoms with Crippen molar-refractivity contribution in [2.45, 2.75) is 19.8 Å². The van der Waals surface area contributed by atoms with Gasteiger partial charge in [0.15, 0.2) is 11.6 Å². The molecule has 0 atom stereocenters. The van der Waals surface area contributed by atoms with Gasteiger partial charge in [0, 0.05) is 5.69 Å². The Morgan fingerprint density at radius 3 is 2.58 bits per heavy atom. The zero-order chi connectivity index (χ0) is 9.14. The minimum Gasteiger partial charge on any atom is -0.492 e. The molecule has 0 bridgehead atoms. The van der Waals surface area contributed by atoms with Crippen molar-refractivity contribution in [1.82, 2.24) is 4.98 Å². The molecule has 1 aromatic rings. The minimum atomic E-state index is -0.351. The van der Waals surface area contributed by atoms with Crippen LogP contribution in [-0.4, -0.2) is 12.1 Å². The van der Waals surface area contributed by atoms with Crippen molar-refractivity contribution in [2.75, 3.05) is 7.11 Å². The number of aromatic nitrogens is 1. The van der Waals surface area contributed by atoms with Crippen molar-refractivity contribution in [2.24, 2.45) is 0 Å². The van der Waals surface area contributed by atoms with Crippen LogP contribution in [0.15, 0.2) is 12.3 Å². The van der Waals surface area contributed by atoms with Crippen LogP contribution in [0.4, 0.5) is 4.39 Å². The molecule has 0 radical (unpaired) electrons. The van der Waals surface area contributed by atoms with E-state index in [9.17, 15) is 4.39 Å². The Hall–Kier alpha value is -1.12. The topological polar surface area (TPSA) is 22.1 Å². The summed E-state index contributed by atoms with van der Waals surface area (Å²) in [6, 6.07) is 1.41. The van der Waals surface area contributed by atoms with Gasteiger partial charge in [-0.3, -0.25) is 4.98 Å². The maximum atomic E-state index is 13.0. The highest BCUT2D eigenvalue weighted by Gasteiger charge is 2.06. The maximum absolute atomic E-state index is 13.0. The van der Waals surface area contributed by atoms with E-state index in [1.807, 2.05) is 13.8 Å². The van der Waals surface area contributed by atoms with Gasteiger partial charge in [-0.15, -0.1) is 0 Å². The monoisotopic (exact) mass is 169 g/mol. The molecule has 0 aromatic carbocycles. The lowest BCUT2D eigenvalue weighted by molar-refractivity contribution is 0.383. The molecule has 0 aliphatic heterocycles. The molecule has 0 aliphatic carbocycles. The van der Waals surface area contributed by atoms with Gasteiger partial charge in [0.1, 0.15) is 0 Å². The van der Waals surface area contributed by atoms with Gasteiger partial charge in [0.25, 0.3) is 0 Å². The van der Waals surface area contributed by atoms with Crippen LogP contribution in [0.5, 0.6) is 5.75 Å². The van der Waals surface area contributed by atoms with Crippen molar-refractivity contribution in [1.29, 1.82) is 0 Å². The summed E-state index contributed by atoms with van der Waals surface area (Å²) in [4.78, 5) is 4.04. The van der Waals surface area contributed by atoms with E-state index in [0.29, 0.717) is 0 Å². The second kappa shape index (κ2) is 3.52. The summed E-state index contributed by atoms with van der Waals surface area (Å²) in [6.07, 6.45) is 1.41. The van der Waals surface area contributed by atoms with Crippen molar-refractivity contribution >= 4 is 0 Å². The molecule has 1 rings (SSSR count). The van der Waals surface area contributed by atoms with Gasteiger partial charge in [0.2, 0.25) is 0 Å². The molecule has 0 fully saturated rings. The lowest BCUT2D eigenvalue weighted by Gasteiger charge is -2.06. The first-order valence-electron chi connectivity index (χ1n) is 3.84. The van der Waals surface area contributed by atoms with Crippen LogP contribution in [0.25, 0.3) is 0 Å². The highest BCUT2D eigenvalue weighted by atomic mass is 19.1. The van der Waals surface area contributed by atoms with Crippen LogP contribution in [0.1, 0.15) is 25.5 Å². The fourth-order valence-electron chi connectivity index (χ4n) is 0.899. The molecule has 2 nitrogen and oxygen atoms in total. The third kappa shape index (κ3) is 1.72. The van der Waals surface area contributed by atoms with E-state index in [1.165, 1.54) is 19.4 Å². The Morgan fingerprint density at radius 1 is 1.50 bits per heavy atom. The molecule has 66 valence electrons. The maximum Gasteiger partial charge on any atom is 0.172 e. The third-order valence-corrected chi connectivity index (χ3v) is 1.65. The van der Waals surface area contributed by atoms with Gasteiger partial charge in [-0.05, 0) is 12.0 Å². The molecule has 0 aliphatic rings. The van der Waals surface area contributed by atoms with E-state index in [2.05, 4.69) is 4.98 Å². The number of nitrogens with zero attached hydrogens (tertiary/aromatic N) is 1. The first kappa shape index (κ1) is 8.97. The average molecular weight is 169 g/mol. The summed E-state index contributed by atoms with van der Waals surface area (Å²) < 4.78 is 17.8. The van der Waals surface area contributed by atoms with E-state index in [0.717, 1.165) is 5.69 Å². The Morgan fingerprint density at radius 2 is 2.17 bits per heavy atom. The van der Waals surface area contributed by atoms with Gasteiger partial charge in [0.05, 0.1) is 13.3 Å². The summed E-state index contributed by atoms with van der Waals surface area (Å²) in [5.41, 5.74) is 0.744. The van der Waals surface area contributed by atoms with Crippen LogP contribution in [0.2, 0.25) is 0 Å². The second-order valence-electron chi connectivity index (χ2n) is 2.90. The first-order valence-corrected chi connectivity index (χ1v) is 3.84. The van der Waals surface area contributed by atoms with Crippen LogP contribution in [-0.2, 0) is 0 Å². The van der Waals surface area contributed by atoms with E-state index in [-0.39, 0.29) is 17.5 Å². The van der Waals surface area contributed by atoms with Crippen molar-refractivity contribution in [3.63, 3.8) is 0 Å². The van der Waals surface area contributed by atoms with Crippen LogP contribution < -0.4 is 4.74 Å². The third-order valence-electron chi connectivity index (χ3n) is 1.65. The first-order chi connectivity index (χ1) is 5.65. The van der Waals surface area contributed by atoms with Gasteiger partial charge in [-0.2, -0.15) is 0 Å². The Bertz CT molecular complexity index is 273. The lowest BCUT2D eigenvalue weighted by atomic mass is 10.1. The van der Waals surface area contributed by atoms with E-state index in [1.54, 1.807) is 0 Å². The predicted molar refractivity (Wildman–Crippen MR) is 44.8 cm³/mol. The van der Waals surface area contributed by atoms with Crippen molar-refractivity contribution in [3.05, 3.63) is 23.8 Å². The Labute approximate surface area is 71.4 Å². The number of hydrogen-bond acceptors (Lipinski definition) is 2. The summed E-state index contributed by atoms with van der Waals surface area (Å²) in [6.45, 7) is 3.93. The number of hydrogen-bond donors (Lipinski definition) is 0. The zero-order valence-electron chi connectivity index (χ0n) is 7.47. The summed E-state index contributed by atoms with van der Waals surface area (Å²) in [5, 5.41) is 0. The van der Waals surface area contributed by atoms with Crippen molar-refractivity contribution < 1.29 is 9.13 Å². The predicted octanol–water partition coefficient (Wildman–Crippen LogP) is 2.35. The van der Waals surface area contributed by atoms with Crippen LogP contribution in [0.3, 0.4) is 0 Å². The number of pyridine rings is 1. The van der Waals surface area contributed by atoms with Gasteiger partial charge < -0.3 is 4.74 Å². The molecule has 0 amide bonds. The van der Waals surface area contributed by atoms with Crippen molar-refractivity contribution in [3.8, 4) is 5.75 Å². The molecule has 0 spiro atoms. The number of methoxy groups -OCH3 is 1. The molecule has 0 unspecified atom stereocenters. The standard InChI is InChI=1S/C9H12FNO/c1-6(2)8-4-7(10)9(12-3)5-11-8/h4-6H,1-3H3. The molecule has 0 saturated carbocycles. The second-order valence-corrected chi connectivity index (χ2v) is 2.90. The van der Waals surface area contributed by atoms with E-state index >= 15 is 0 Å². The fourth-order valence-corrected chi connectivity index (χ4v) is 0.899. The molecule has 3 heteroatoms. The number of ether oxygens (including phenoxy) is 1. The molecule has 12 heavy (non-hydrogen) atoms. The Kier molecular flexibility index (Phi) is 2.63. The zero-order valence-corrected chi connectivity index (χ0v) is 7.47. The quantitative estimate of drug-likeness (QED) is 0.678. The molecule has 1 heterocycles. The highest BCUT2D eigenvalue weighted by molar-refractivity contribution is 5.23. The summed E-state index contributed by atoms with van der Waals surface area (Å²) >= 11 is 0. The lowest BCUT2D eigenvalue weighted by Crippen LogP contribution is -1.96. The van der Waals surface area contributed by atoms with Crippen LogP contribution >= 0.6 is 0 Å². The SMILES string of the molecule is COc1cnc(C(C)C)cc1F. The van der Waals surface area contributed by atoms with E-state index < -0.39 is 0 Å². The highest BCUT2D eigenvalue weighted by Crippen LogP contribution is 2.19. The van der Waals surface area contributed by atoms with Gasteiger partial charge in [-0.25, -0.2) is 4.39 Å². The Balaban J connectivity index is 3.02. The minimum absolute atomic E-state index is 0.194. The van der Waals surface area contributed by atoms with Gasteiger partial charge in [-0.1, -0.05) is 13.8 Å². The molecule has 0 saturated heterocycles. The van der Waals surface area contributed by atoms with Gasteiger partial charge >= 0.3 is 0 Å². The summed E-state index contributed by atoms with van der Waals surface area (Å²) in [7, 11) is 1.43. The fraction of sp³-hybridized carbons (Fsp3) is 0.444.